The molecule has 0 saturated carbocycles. The topological polar surface area (TPSA) is 75.4 Å². The average Bonchev–Trinajstić information content (AvgIpc) is 2.68. The molecule has 1 aliphatic carbocycles. The first kappa shape index (κ1) is 17.4. The molecule has 1 saturated heterocycles. The molecule has 0 spiro atoms. The van der Waals surface area contributed by atoms with Gasteiger partial charge in [-0.2, -0.15) is 0 Å². The van der Waals surface area contributed by atoms with E-state index in [0.29, 0.717) is 23.0 Å². The number of carbonyl (C=O) groups excluding carboxylic acids is 2. The number of nitrogens with two attached hydrogens (primary N) is 1. The van der Waals surface area contributed by atoms with Crippen LogP contribution in [0.4, 0.5) is 5.00 Å². The number of nitrogens with one attached hydrogen (secondary N) is 1. The van der Waals surface area contributed by atoms with Crippen LogP contribution in [0.15, 0.2) is 0 Å². The van der Waals surface area contributed by atoms with Crippen molar-refractivity contribution in [2.75, 3.05) is 25.0 Å². The molecular formula is C18H27N3O2S. The number of fused-ring (bicyclic) bond motifs is 1. The van der Waals surface area contributed by atoms with E-state index in [9.17, 15) is 9.59 Å². The lowest BCUT2D eigenvalue weighted by molar-refractivity contribution is -0.117. The molecule has 132 valence electrons. The second-order valence-electron chi connectivity index (χ2n) is 7.16. The fourth-order valence-corrected chi connectivity index (χ4v) is 5.20. The van der Waals surface area contributed by atoms with E-state index < -0.39 is 5.91 Å². The number of carbonyl (C=O) groups is 2. The van der Waals surface area contributed by atoms with Gasteiger partial charge in [0.25, 0.3) is 5.91 Å². The summed E-state index contributed by atoms with van der Waals surface area (Å²) in [7, 11) is 0. The molecule has 1 atom stereocenters. The Balaban J connectivity index is 1.72. The molecule has 0 radical (unpaired) electrons. The number of likely N-dealkylation sites (tertiary alicyclic amines) is 1. The minimum atomic E-state index is -0.424. The Morgan fingerprint density at radius 1 is 1.25 bits per heavy atom. The highest BCUT2D eigenvalue weighted by Crippen LogP contribution is 2.39. The third-order valence-corrected chi connectivity index (χ3v) is 6.25. The molecule has 0 bridgehead atoms. The van der Waals surface area contributed by atoms with E-state index >= 15 is 0 Å². The van der Waals surface area contributed by atoms with E-state index in [1.807, 2.05) is 0 Å². The number of primary amides is 1. The maximum absolute atomic E-state index is 12.4. The van der Waals surface area contributed by atoms with Crippen LogP contribution in [0, 0.1) is 5.92 Å². The quantitative estimate of drug-likeness (QED) is 0.877. The van der Waals surface area contributed by atoms with Crippen LogP contribution in [0.1, 0.15) is 59.8 Å². The third kappa shape index (κ3) is 3.98. The number of rotatable bonds is 4. The lowest BCUT2D eigenvalue weighted by atomic mass is 9.88. The first-order valence-electron chi connectivity index (χ1n) is 9.01. The molecular weight excluding hydrogens is 322 g/mol. The largest absolute Gasteiger partial charge is 0.365 e. The number of anilines is 1. The third-order valence-electron chi connectivity index (χ3n) is 5.08. The summed E-state index contributed by atoms with van der Waals surface area (Å²) in [5.41, 5.74) is 7.22. The second kappa shape index (κ2) is 7.66. The Bertz CT molecular complexity index is 618. The molecule has 2 amide bonds. The minimum absolute atomic E-state index is 0.0361. The Labute approximate surface area is 147 Å². The van der Waals surface area contributed by atoms with Crippen LogP contribution in [0.2, 0.25) is 0 Å². The summed E-state index contributed by atoms with van der Waals surface area (Å²) in [6.07, 6.45) is 7.75. The number of nitrogens with zero attached hydrogens (tertiary/aromatic N) is 1. The van der Waals surface area contributed by atoms with E-state index in [2.05, 4.69) is 17.1 Å². The van der Waals surface area contributed by atoms with Crippen molar-refractivity contribution in [3.05, 3.63) is 16.0 Å². The van der Waals surface area contributed by atoms with Crippen LogP contribution < -0.4 is 11.1 Å². The van der Waals surface area contributed by atoms with Crippen molar-refractivity contribution >= 4 is 28.2 Å². The normalized spacial score (nSPS) is 21.8. The van der Waals surface area contributed by atoms with Crippen LogP contribution in [-0.4, -0.2) is 36.3 Å². The molecule has 24 heavy (non-hydrogen) atoms. The zero-order chi connectivity index (χ0) is 17.1. The maximum atomic E-state index is 12.4. The molecule has 3 rings (SSSR count). The fraction of sp³-hybridized carbons (Fsp3) is 0.667. The van der Waals surface area contributed by atoms with Gasteiger partial charge >= 0.3 is 0 Å². The van der Waals surface area contributed by atoms with Gasteiger partial charge in [-0.1, -0.05) is 19.8 Å². The van der Waals surface area contributed by atoms with Crippen LogP contribution in [-0.2, 0) is 17.6 Å². The number of hydrogen-bond acceptors (Lipinski definition) is 4. The standard InChI is InChI=1S/C18H27N3O2S/c1-12-6-7-13-14(10-12)24-18(16(13)17(19)23)20-15(22)11-21-8-4-2-3-5-9-21/h12H,2-11H2,1H3,(H2,19,23)(H,20,22). The molecule has 5 nitrogen and oxygen atoms in total. The number of thiophene rings is 1. The van der Waals surface area contributed by atoms with Crippen LogP contribution in [0.25, 0.3) is 0 Å². The van der Waals surface area contributed by atoms with E-state index in [1.165, 1.54) is 29.1 Å². The Morgan fingerprint density at radius 2 is 1.96 bits per heavy atom. The molecule has 1 aromatic heterocycles. The highest BCUT2D eigenvalue weighted by Gasteiger charge is 2.27. The predicted octanol–water partition coefficient (Wildman–Crippen LogP) is 2.79. The Morgan fingerprint density at radius 3 is 2.62 bits per heavy atom. The number of hydrogen-bond donors (Lipinski definition) is 2. The summed E-state index contributed by atoms with van der Waals surface area (Å²) in [6.45, 7) is 4.59. The fourth-order valence-electron chi connectivity index (χ4n) is 3.76. The summed E-state index contributed by atoms with van der Waals surface area (Å²) in [5, 5.41) is 3.62. The Hall–Kier alpha value is -1.40. The van der Waals surface area contributed by atoms with Crippen molar-refractivity contribution in [2.45, 2.75) is 51.9 Å². The minimum Gasteiger partial charge on any atom is -0.365 e. The SMILES string of the molecule is CC1CCc2c(sc(NC(=O)CN3CCCCCC3)c2C(N)=O)C1. The summed E-state index contributed by atoms with van der Waals surface area (Å²) < 4.78 is 0. The summed E-state index contributed by atoms with van der Waals surface area (Å²) in [6, 6.07) is 0. The van der Waals surface area contributed by atoms with Gasteiger partial charge in [0.1, 0.15) is 5.00 Å². The average molecular weight is 350 g/mol. The van der Waals surface area contributed by atoms with Gasteiger partial charge in [-0.05, 0) is 56.7 Å². The summed E-state index contributed by atoms with van der Waals surface area (Å²) >= 11 is 1.54. The molecule has 6 heteroatoms. The van der Waals surface area contributed by atoms with Gasteiger partial charge in [-0.25, -0.2) is 0 Å². The summed E-state index contributed by atoms with van der Waals surface area (Å²) in [5.74, 6) is 0.163. The van der Waals surface area contributed by atoms with Gasteiger partial charge in [-0.15, -0.1) is 11.3 Å². The summed E-state index contributed by atoms with van der Waals surface area (Å²) in [4.78, 5) is 27.8. The molecule has 1 aromatic rings. The van der Waals surface area contributed by atoms with Crippen molar-refractivity contribution in [3.63, 3.8) is 0 Å². The van der Waals surface area contributed by atoms with E-state index in [1.54, 1.807) is 0 Å². The first-order chi connectivity index (χ1) is 11.5. The smallest absolute Gasteiger partial charge is 0.251 e. The zero-order valence-corrected chi connectivity index (χ0v) is 15.2. The molecule has 1 fully saturated rings. The van der Waals surface area contributed by atoms with Gasteiger partial charge in [0.05, 0.1) is 12.1 Å². The van der Waals surface area contributed by atoms with E-state index in [-0.39, 0.29) is 5.91 Å². The molecule has 1 aliphatic heterocycles. The molecule has 1 unspecified atom stereocenters. The van der Waals surface area contributed by atoms with Gasteiger partial charge in [0.15, 0.2) is 0 Å². The monoisotopic (exact) mass is 349 g/mol. The van der Waals surface area contributed by atoms with Crippen molar-refractivity contribution in [3.8, 4) is 0 Å². The van der Waals surface area contributed by atoms with Crippen molar-refractivity contribution in [1.29, 1.82) is 0 Å². The lowest BCUT2D eigenvalue weighted by Crippen LogP contribution is -2.34. The van der Waals surface area contributed by atoms with Gasteiger partial charge in [0.2, 0.25) is 5.91 Å². The zero-order valence-electron chi connectivity index (χ0n) is 14.4. The molecule has 2 aliphatic rings. The van der Waals surface area contributed by atoms with Gasteiger partial charge in [0, 0.05) is 4.88 Å². The molecule has 0 aromatic carbocycles. The van der Waals surface area contributed by atoms with E-state index in [4.69, 9.17) is 5.73 Å². The van der Waals surface area contributed by atoms with Gasteiger partial charge in [-0.3, -0.25) is 14.5 Å². The second-order valence-corrected chi connectivity index (χ2v) is 8.26. The molecule has 2 heterocycles. The van der Waals surface area contributed by atoms with Crippen molar-refractivity contribution < 1.29 is 9.59 Å². The molecule has 3 N–H and O–H groups in total. The predicted molar refractivity (Wildman–Crippen MR) is 97.6 cm³/mol. The van der Waals surface area contributed by atoms with Crippen LogP contribution >= 0.6 is 11.3 Å². The van der Waals surface area contributed by atoms with E-state index in [0.717, 1.165) is 50.8 Å². The van der Waals surface area contributed by atoms with Crippen LogP contribution in [0.3, 0.4) is 0 Å². The highest BCUT2D eigenvalue weighted by atomic mass is 32.1. The maximum Gasteiger partial charge on any atom is 0.251 e. The first-order valence-corrected chi connectivity index (χ1v) is 9.82. The Kier molecular flexibility index (Phi) is 5.56. The van der Waals surface area contributed by atoms with Crippen LogP contribution in [0.5, 0.6) is 0 Å². The lowest BCUT2D eigenvalue weighted by Gasteiger charge is -2.19. The van der Waals surface area contributed by atoms with Gasteiger partial charge < -0.3 is 11.1 Å². The number of amides is 2. The van der Waals surface area contributed by atoms with Crippen molar-refractivity contribution in [1.82, 2.24) is 4.90 Å². The van der Waals surface area contributed by atoms with Crippen molar-refractivity contribution in [2.24, 2.45) is 11.7 Å². The highest BCUT2D eigenvalue weighted by molar-refractivity contribution is 7.17.